The van der Waals surface area contributed by atoms with Gasteiger partial charge in [-0.1, -0.05) is 12.1 Å². The summed E-state index contributed by atoms with van der Waals surface area (Å²) in [5.74, 6) is 0.810. The van der Waals surface area contributed by atoms with Crippen molar-refractivity contribution in [2.75, 3.05) is 26.8 Å². The number of rotatable bonds is 3. The number of nitrogens with one attached hydrogen (secondary N) is 1. The van der Waals surface area contributed by atoms with Crippen LogP contribution in [-0.4, -0.2) is 36.8 Å². The minimum atomic E-state index is -0.0261. The molecule has 0 radical (unpaired) electrons. The Kier molecular flexibility index (Phi) is 3.90. The van der Waals surface area contributed by atoms with Crippen molar-refractivity contribution in [2.24, 2.45) is 0 Å². The second-order valence-corrected chi connectivity index (χ2v) is 4.62. The normalized spacial score (nSPS) is 18.8. The van der Waals surface area contributed by atoms with Crippen LogP contribution < -0.4 is 10.1 Å². The molecule has 1 N–H and O–H groups in total. The molecule has 2 heterocycles. The van der Waals surface area contributed by atoms with E-state index in [2.05, 4.69) is 15.3 Å². The average Bonchev–Trinajstić information content (AvgIpc) is 2.56. The number of benzene rings is 1. The van der Waals surface area contributed by atoms with E-state index >= 15 is 0 Å². The zero-order chi connectivity index (χ0) is 13.8. The first-order chi connectivity index (χ1) is 9.86. The summed E-state index contributed by atoms with van der Waals surface area (Å²) in [5.41, 5.74) is 2.68. The van der Waals surface area contributed by atoms with E-state index in [0.29, 0.717) is 6.61 Å². The average molecular weight is 271 g/mol. The van der Waals surface area contributed by atoms with Crippen molar-refractivity contribution in [3.05, 3.63) is 42.4 Å². The van der Waals surface area contributed by atoms with Crippen LogP contribution in [0, 0.1) is 0 Å². The standard InChI is InChI=1S/C15H17N3O2/c1-19-12-4-2-3-11(7-12)13-8-17-9-14(18-13)15-10-16-5-6-20-15/h2-4,7-9,15-16H,5-6,10H2,1H3. The highest BCUT2D eigenvalue weighted by Gasteiger charge is 2.18. The zero-order valence-corrected chi connectivity index (χ0v) is 11.4. The maximum atomic E-state index is 5.71. The van der Waals surface area contributed by atoms with Gasteiger partial charge < -0.3 is 14.8 Å². The Morgan fingerprint density at radius 1 is 1.35 bits per heavy atom. The molecule has 1 aliphatic rings. The van der Waals surface area contributed by atoms with Crippen molar-refractivity contribution in [1.29, 1.82) is 0 Å². The van der Waals surface area contributed by atoms with Gasteiger partial charge in [-0.05, 0) is 12.1 Å². The van der Waals surface area contributed by atoms with Gasteiger partial charge in [0, 0.05) is 18.7 Å². The van der Waals surface area contributed by atoms with Gasteiger partial charge >= 0.3 is 0 Å². The number of aromatic nitrogens is 2. The van der Waals surface area contributed by atoms with Gasteiger partial charge in [0.05, 0.1) is 37.5 Å². The van der Waals surface area contributed by atoms with Crippen molar-refractivity contribution >= 4 is 0 Å². The highest BCUT2D eigenvalue weighted by atomic mass is 16.5. The molecule has 1 aromatic heterocycles. The second kappa shape index (κ2) is 5.98. The molecule has 1 unspecified atom stereocenters. The molecule has 0 spiro atoms. The quantitative estimate of drug-likeness (QED) is 0.922. The highest BCUT2D eigenvalue weighted by Crippen LogP contribution is 2.23. The van der Waals surface area contributed by atoms with Crippen LogP contribution in [0.1, 0.15) is 11.8 Å². The molecule has 1 aliphatic heterocycles. The Morgan fingerprint density at radius 3 is 3.10 bits per heavy atom. The number of ether oxygens (including phenoxy) is 2. The Balaban J connectivity index is 1.89. The van der Waals surface area contributed by atoms with E-state index in [9.17, 15) is 0 Å². The first kappa shape index (κ1) is 13.0. The first-order valence-electron chi connectivity index (χ1n) is 6.65. The van der Waals surface area contributed by atoms with Gasteiger partial charge in [0.2, 0.25) is 0 Å². The predicted molar refractivity (Wildman–Crippen MR) is 75.6 cm³/mol. The Morgan fingerprint density at radius 2 is 2.30 bits per heavy atom. The topological polar surface area (TPSA) is 56.3 Å². The monoisotopic (exact) mass is 271 g/mol. The number of hydrogen-bond acceptors (Lipinski definition) is 5. The summed E-state index contributed by atoms with van der Waals surface area (Å²) in [6.07, 6.45) is 3.50. The molecule has 0 saturated carbocycles. The van der Waals surface area contributed by atoms with Crippen LogP contribution in [0.15, 0.2) is 36.7 Å². The van der Waals surface area contributed by atoms with E-state index in [-0.39, 0.29) is 6.10 Å². The Labute approximate surface area is 118 Å². The van der Waals surface area contributed by atoms with E-state index in [0.717, 1.165) is 35.8 Å². The lowest BCUT2D eigenvalue weighted by molar-refractivity contribution is 0.0248. The third-order valence-electron chi connectivity index (χ3n) is 3.28. The van der Waals surface area contributed by atoms with Gasteiger partial charge in [-0.15, -0.1) is 0 Å². The van der Waals surface area contributed by atoms with E-state index in [1.54, 1.807) is 19.5 Å². The molecule has 1 saturated heterocycles. The maximum Gasteiger partial charge on any atom is 0.119 e. The minimum absolute atomic E-state index is 0.0261. The minimum Gasteiger partial charge on any atom is -0.497 e. The Bertz CT molecular complexity index is 583. The molecule has 0 aliphatic carbocycles. The van der Waals surface area contributed by atoms with E-state index in [1.807, 2.05) is 24.3 Å². The highest BCUT2D eigenvalue weighted by molar-refractivity contribution is 5.60. The molecule has 104 valence electrons. The summed E-state index contributed by atoms with van der Waals surface area (Å²) in [7, 11) is 1.66. The number of nitrogens with zero attached hydrogens (tertiary/aromatic N) is 2. The number of hydrogen-bond donors (Lipinski definition) is 1. The molecule has 5 nitrogen and oxygen atoms in total. The fourth-order valence-electron chi connectivity index (χ4n) is 2.21. The lowest BCUT2D eigenvalue weighted by atomic mass is 10.1. The van der Waals surface area contributed by atoms with Crippen LogP contribution in [0.5, 0.6) is 5.75 Å². The summed E-state index contributed by atoms with van der Waals surface area (Å²) < 4.78 is 11.0. The smallest absolute Gasteiger partial charge is 0.119 e. The van der Waals surface area contributed by atoms with Crippen molar-refractivity contribution in [3.8, 4) is 17.0 Å². The van der Waals surface area contributed by atoms with E-state index in [4.69, 9.17) is 9.47 Å². The third kappa shape index (κ3) is 2.79. The molecule has 1 atom stereocenters. The molecular formula is C15H17N3O2. The fraction of sp³-hybridized carbons (Fsp3) is 0.333. The van der Waals surface area contributed by atoms with Crippen LogP contribution in [0.2, 0.25) is 0 Å². The molecular weight excluding hydrogens is 254 g/mol. The number of morpholine rings is 1. The van der Waals surface area contributed by atoms with Gasteiger partial charge in [0.1, 0.15) is 11.9 Å². The first-order valence-corrected chi connectivity index (χ1v) is 6.65. The van der Waals surface area contributed by atoms with Crippen LogP contribution in [0.25, 0.3) is 11.3 Å². The molecule has 2 aromatic rings. The fourth-order valence-corrected chi connectivity index (χ4v) is 2.21. The predicted octanol–water partition coefficient (Wildman–Crippen LogP) is 1.81. The van der Waals surface area contributed by atoms with Crippen molar-refractivity contribution in [3.63, 3.8) is 0 Å². The molecule has 0 bridgehead atoms. The van der Waals surface area contributed by atoms with Crippen molar-refractivity contribution < 1.29 is 9.47 Å². The van der Waals surface area contributed by atoms with Gasteiger partial charge in [0.25, 0.3) is 0 Å². The van der Waals surface area contributed by atoms with Crippen molar-refractivity contribution in [2.45, 2.75) is 6.10 Å². The lowest BCUT2D eigenvalue weighted by Gasteiger charge is -2.23. The summed E-state index contributed by atoms with van der Waals surface area (Å²) >= 11 is 0. The largest absolute Gasteiger partial charge is 0.497 e. The third-order valence-corrected chi connectivity index (χ3v) is 3.28. The summed E-state index contributed by atoms with van der Waals surface area (Å²) in [5, 5.41) is 3.30. The second-order valence-electron chi connectivity index (χ2n) is 4.62. The Hall–Kier alpha value is -1.98. The lowest BCUT2D eigenvalue weighted by Crippen LogP contribution is -2.33. The van der Waals surface area contributed by atoms with Crippen LogP contribution in [0.3, 0.4) is 0 Å². The van der Waals surface area contributed by atoms with E-state index in [1.165, 1.54) is 0 Å². The van der Waals surface area contributed by atoms with Crippen LogP contribution >= 0.6 is 0 Å². The number of methoxy groups -OCH3 is 1. The molecule has 1 aromatic carbocycles. The molecule has 0 amide bonds. The molecule has 1 fully saturated rings. The maximum absolute atomic E-state index is 5.71. The van der Waals surface area contributed by atoms with Gasteiger partial charge in [-0.25, -0.2) is 4.98 Å². The molecule has 3 rings (SSSR count). The van der Waals surface area contributed by atoms with Crippen molar-refractivity contribution in [1.82, 2.24) is 15.3 Å². The van der Waals surface area contributed by atoms with Gasteiger partial charge in [0.15, 0.2) is 0 Å². The SMILES string of the molecule is COc1cccc(-c2cncc(C3CNCCO3)n2)c1. The zero-order valence-electron chi connectivity index (χ0n) is 11.4. The van der Waals surface area contributed by atoms with Gasteiger partial charge in [-0.2, -0.15) is 0 Å². The van der Waals surface area contributed by atoms with E-state index < -0.39 is 0 Å². The molecule has 5 heteroatoms. The summed E-state index contributed by atoms with van der Waals surface area (Å²) in [4.78, 5) is 8.94. The molecule has 20 heavy (non-hydrogen) atoms. The van der Waals surface area contributed by atoms with Crippen LogP contribution in [0.4, 0.5) is 0 Å². The van der Waals surface area contributed by atoms with Crippen LogP contribution in [-0.2, 0) is 4.74 Å². The summed E-state index contributed by atoms with van der Waals surface area (Å²) in [6, 6.07) is 7.81. The van der Waals surface area contributed by atoms with Gasteiger partial charge in [-0.3, -0.25) is 4.98 Å². The summed E-state index contributed by atoms with van der Waals surface area (Å²) in [6.45, 7) is 2.37.